The van der Waals surface area contributed by atoms with Crippen LogP contribution in [0.2, 0.25) is 5.02 Å². The summed E-state index contributed by atoms with van der Waals surface area (Å²) >= 11 is 6.21. The largest absolute Gasteiger partial charge is 0.465 e. The van der Waals surface area contributed by atoms with E-state index in [-0.39, 0.29) is 0 Å². The number of anilines is 3. The number of methoxy groups -OCH3 is 1. The molecular weight excluding hydrogens is 340 g/mol. The van der Waals surface area contributed by atoms with Crippen molar-refractivity contribution in [2.45, 2.75) is 27.2 Å². The molecule has 0 bridgehead atoms. The quantitative estimate of drug-likeness (QED) is 0.710. The number of nitrogens with zero attached hydrogens (tertiary/aromatic N) is 2. The number of carbonyl (C=O) groups excluding carboxylic acids is 1. The average Bonchev–Trinajstić information content (AvgIpc) is 2.55. The summed E-state index contributed by atoms with van der Waals surface area (Å²) in [5.41, 5.74) is 1.77. The van der Waals surface area contributed by atoms with Crippen LogP contribution in [0.1, 0.15) is 36.3 Å². The van der Waals surface area contributed by atoms with Crippen molar-refractivity contribution in [2.24, 2.45) is 5.92 Å². The van der Waals surface area contributed by atoms with E-state index in [2.05, 4.69) is 34.4 Å². The van der Waals surface area contributed by atoms with Crippen LogP contribution in [0.4, 0.5) is 17.5 Å². The van der Waals surface area contributed by atoms with Crippen LogP contribution in [0.3, 0.4) is 0 Å². The van der Waals surface area contributed by atoms with Crippen LogP contribution in [0.5, 0.6) is 0 Å². The van der Waals surface area contributed by atoms with E-state index >= 15 is 0 Å². The van der Waals surface area contributed by atoms with Gasteiger partial charge in [0.05, 0.1) is 23.4 Å². The molecule has 25 heavy (non-hydrogen) atoms. The van der Waals surface area contributed by atoms with E-state index in [0.717, 1.165) is 24.5 Å². The molecule has 0 spiro atoms. The van der Waals surface area contributed by atoms with E-state index in [1.165, 1.54) is 7.11 Å². The maximum atomic E-state index is 11.7. The number of ether oxygens (including phenoxy) is 1. The lowest BCUT2D eigenvalue weighted by Crippen LogP contribution is -2.09. The van der Waals surface area contributed by atoms with Crippen molar-refractivity contribution in [3.8, 4) is 0 Å². The number of esters is 1. The van der Waals surface area contributed by atoms with Crippen molar-refractivity contribution >= 4 is 35.0 Å². The van der Waals surface area contributed by atoms with Gasteiger partial charge < -0.3 is 15.4 Å². The van der Waals surface area contributed by atoms with Gasteiger partial charge in [0, 0.05) is 18.3 Å². The van der Waals surface area contributed by atoms with Gasteiger partial charge in [0.1, 0.15) is 5.82 Å². The van der Waals surface area contributed by atoms with Gasteiger partial charge in [0.2, 0.25) is 5.95 Å². The third-order valence-corrected chi connectivity index (χ3v) is 3.85. The minimum atomic E-state index is -0.430. The smallest absolute Gasteiger partial charge is 0.337 e. The third kappa shape index (κ3) is 5.60. The van der Waals surface area contributed by atoms with Gasteiger partial charge >= 0.3 is 5.97 Å². The summed E-state index contributed by atoms with van der Waals surface area (Å²) in [5.74, 6) is 1.35. The van der Waals surface area contributed by atoms with E-state index in [1.807, 2.05) is 13.0 Å². The van der Waals surface area contributed by atoms with Crippen molar-refractivity contribution in [3.05, 3.63) is 40.5 Å². The van der Waals surface area contributed by atoms with Crippen LogP contribution in [0, 0.1) is 12.8 Å². The Bertz CT molecular complexity index is 750. The molecule has 0 unspecified atom stereocenters. The van der Waals surface area contributed by atoms with Crippen molar-refractivity contribution in [3.63, 3.8) is 0 Å². The molecule has 0 aliphatic carbocycles. The van der Waals surface area contributed by atoms with Gasteiger partial charge in [-0.3, -0.25) is 0 Å². The highest BCUT2D eigenvalue weighted by Gasteiger charge is 2.11. The summed E-state index contributed by atoms with van der Waals surface area (Å²) < 4.78 is 4.73. The Balaban J connectivity index is 2.19. The van der Waals surface area contributed by atoms with Gasteiger partial charge in [-0.25, -0.2) is 9.78 Å². The second kappa shape index (κ2) is 8.67. The second-order valence-corrected chi connectivity index (χ2v) is 6.55. The Morgan fingerprint density at radius 3 is 2.72 bits per heavy atom. The number of halogens is 1. The van der Waals surface area contributed by atoms with E-state index in [0.29, 0.717) is 28.1 Å². The van der Waals surface area contributed by atoms with Crippen molar-refractivity contribution in [1.29, 1.82) is 0 Å². The first-order valence-corrected chi connectivity index (χ1v) is 8.51. The van der Waals surface area contributed by atoms with Crippen LogP contribution >= 0.6 is 11.6 Å². The molecule has 0 fully saturated rings. The summed E-state index contributed by atoms with van der Waals surface area (Å²) in [4.78, 5) is 20.5. The fourth-order valence-corrected chi connectivity index (χ4v) is 2.36. The molecule has 0 aliphatic heterocycles. The zero-order chi connectivity index (χ0) is 18.4. The zero-order valence-corrected chi connectivity index (χ0v) is 15.6. The molecule has 0 radical (unpaired) electrons. The summed E-state index contributed by atoms with van der Waals surface area (Å²) in [6.07, 6.45) is 1.05. The Morgan fingerprint density at radius 2 is 2.04 bits per heavy atom. The number of benzene rings is 1. The molecule has 0 amide bonds. The molecular formula is C18H23ClN4O2. The molecule has 6 nitrogen and oxygen atoms in total. The van der Waals surface area contributed by atoms with Crippen LogP contribution in [0.15, 0.2) is 24.3 Å². The van der Waals surface area contributed by atoms with Crippen LogP contribution in [-0.4, -0.2) is 29.6 Å². The average molecular weight is 363 g/mol. The molecule has 0 aliphatic rings. The second-order valence-electron chi connectivity index (χ2n) is 6.14. The minimum absolute atomic E-state index is 0.400. The molecule has 0 saturated heterocycles. The van der Waals surface area contributed by atoms with Crippen molar-refractivity contribution in [1.82, 2.24) is 9.97 Å². The predicted molar refractivity (Wildman–Crippen MR) is 101 cm³/mol. The maximum Gasteiger partial charge on any atom is 0.337 e. The zero-order valence-electron chi connectivity index (χ0n) is 14.9. The van der Waals surface area contributed by atoms with Crippen molar-refractivity contribution < 1.29 is 9.53 Å². The van der Waals surface area contributed by atoms with E-state index in [4.69, 9.17) is 16.3 Å². The number of carbonyl (C=O) groups is 1. The number of aryl methyl sites for hydroxylation is 1. The molecule has 2 rings (SSSR count). The summed E-state index contributed by atoms with van der Waals surface area (Å²) in [6, 6.07) is 6.74. The first-order valence-electron chi connectivity index (χ1n) is 8.13. The number of hydrogen-bond donors (Lipinski definition) is 2. The summed E-state index contributed by atoms with van der Waals surface area (Å²) in [6.45, 7) is 7.09. The standard InChI is InChI=1S/C18H23ClN4O2/c1-11(2)7-8-20-16-9-12(3)21-18(23-16)22-15-10-13(17(24)25-4)5-6-14(15)19/h5-6,9-11H,7-8H2,1-4H3,(H2,20,21,22,23). The highest BCUT2D eigenvalue weighted by Crippen LogP contribution is 2.26. The fourth-order valence-electron chi connectivity index (χ4n) is 2.19. The van der Waals surface area contributed by atoms with Gasteiger partial charge in [0.15, 0.2) is 0 Å². The van der Waals surface area contributed by atoms with Gasteiger partial charge in [0.25, 0.3) is 0 Å². The monoisotopic (exact) mass is 362 g/mol. The molecule has 0 atom stereocenters. The van der Waals surface area contributed by atoms with Gasteiger partial charge in [-0.05, 0) is 37.5 Å². The highest BCUT2D eigenvalue weighted by molar-refractivity contribution is 6.33. The molecule has 1 heterocycles. The minimum Gasteiger partial charge on any atom is -0.465 e. The molecule has 1 aromatic carbocycles. The van der Waals surface area contributed by atoms with E-state index < -0.39 is 5.97 Å². The Morgan fingerprint density at radius 1 is 1.28 bits per heavy atom. The molecule has 2 aromatic rings. The molecule has 1 aromatic heterocycles. The molecule has 134 valence electrons. The van der Waals surface area contributed by atoms with Gasteiger partial charge in [-0.2, -0.15) is 4.98 Å². The molecule has 7 heteroatoms. The maximum absolute atomic E-state index is 11.7. The lowest BCUT2D eigenvalue weighted by molar-refractivity contribution is 0.0601. The summed E-state index contributed by atoms with van der Waals surface area (Å²) in [5, 5.41) is 6.83. The molecule has 0 saturated carbocycles. The van der Waals surface area contributed by atoms with E-state index in [1.54, 1.807) is 18.2 Å². The topological polar surface area (TPSA) is 76.1 Å². The first-order chi connectivity index (χ1) is 11.9. The normalized spacial score (nSPS) is 10.6. The first kappa shape index (κ1) is 19.0. The third-order valence-electron chi connectivity index (χ3n) is 3.52. The van der Waals surface area contributed by atoms with Crippen LogP contribution < -0.4 is 10.6 Å². The number of aromatic nitrogens is 2. The van der Waals surface area contributed by atoms with Gasteiger partial charge in [-0.15, -0.1) is 0 Å². The van der Waals surface area contributed by atoms with Gasteiger partial charge in [-0.1, -0.05) is 25.4 Å². The number of rotatable bonds is 7. The molecule has 2 N–H and O–H groups in total. The Labute approximate surface area is 153 Å². The lowest BCUT2D eigenvalue weighted by Gasteiger charge is -2.12. The fraction of sp³-hybridized carbons (Fsp3) is 0.389. The summed E-state index contributed by atoms with van der Waals surface area (Å²) in [7, 11) is 1.34. The van der Waals surface area contributed by atoms with Crippen LogP contribution in [-0.2, 0) is 4.74 Å². The van der Waals surface area contributed by atoms with Crippen molar-refractivity contribution in [2.75, 3.05) is 24.3 Å². The number of hydrogen-bond acceptors (Lipinski definition) is 6. The predicted octanol–water partition coefficient (Wildman–Crippen LogP) is 4.43. The lowest BCUT2D eigenvalue weighted by atomic mass is 10.1. The Kier molecular flexibility index (Phi) is 6.58. The SMILES string of the molecule is COC(=O)c1ccc(Cl)c(Nc2nc(C)cc(NCCC(C)C)n2)c1. The van der Waals surface area contributed by atoms with E-state index in [9.17, 15) is 4.79 Å². The number of nitrogens with one attached hydrogen (secondary N) is 2. The Hall–Kier alpha value is -2.34. The highest BCUT2D eigenvalue weighted by atomic mass is 35.5. The van der Waals surface area contributed by atoms with Crippen LogP contribution in [0.25, 0.3) is 0 Å².